The van der Waals surface area contributed by atoms with Gasteiger partial charge in [-0.05, 0) is 30.3 Å². The van der Waals surface area contributed by atoms with Crippen molar-refractivity contribution in [2.75, 3.05) is 44.7 Å². The Morgan fingerprint density at radius 3 is 2.79 bits per heavy atom. The number of aromatic amines is 1. The SMILES string of the molecule is O=C(CCNC(=O)c1n[nH]c2ccccc12)Nc1ccc2c(ccn2CCN2CCOCC2)c1. The predicted molar refractivity (Wildman–Crippen MR) is 131 cm³/mol. The number of hydrogen-bond acceptors (Lipinski definition) is 5. The Hall–Kier alpha value is -3.69. The van der Waals surface area contributed by atoms with Gasteiger partial charge in [0.25, 0.3) is 5.91 Å². The van der Waals surface area contributed by atoms with Gasteiger partial charge in [0.1, 0.15) is 0 Å². The van der Waals surface area contributed by atoms with Crippen LogP contribution in [0, 0.1) is 0 Å². The van der Waals surface area contributed by atoms with Gasteiger partial charge in [-0.1, -0.05) is 18.2 Å². The largest absolute Gasteiger partial charge is 0.379 e. The number of H-pyrrole nitrogens is 1. The van der Waals surface area contributed by atoms with Crippen molar-refractivity contribution in [1.82, 2.24) is 25.0 Å². The van der Waals surface area contributed by atoms with Gasteiger partial charge >= 0.3 is 0 Å². The molecular formula is C25H28N6O3. The number of benzene rings is 2. The number of hydrogen-bond donors (Lipinski definition) is 3. The highest BCUT2D eigenvalue weighted by molar-refractivity contribution is 6.04. The topological polar surface area (TPSA) is 104 Å². The number of carbonyl (C=O) groups is 2. The molecule has 0 radical (unpaired) electrons. The standard InChI is InChI=1S/C25H28N6O3/c32-23(7-9-26-25(33)24-20-3-1-2-4-21(20)28-29-24)27-19-5-6-22-18(17-19)8-10-31(22)12-11-30-13-15-34-16-14-30/h1-6,8,10,17H,7,9,11-16H2,(H,26,33)(H,27,32)(H,28,29). The fraction of sp³-hybridized carbons (Fsp3) is 0.320. The van der Waals surface area contributed by atoms with Gasteiger partial charge in [0.2, 0.25) is 5.91 Å². The van der Waals surface area contributed by atoms with Crippen molar-refractivity contribution < 1.29 is 14.3 Å². The van der Waals surface area contributed by atoms with Gasteiger partial charge in [-0.25, -0.2) is 0 Å². The van der Waals surface area contributed by atoms with Crippen LogP contribution in [-0.2, 0) is 16.1 Å². The predicted octanol–water partition coefficient (Wildman–Crippen LogP) is 2.61. The normalized spacial score (nSPS) is 14.5. The highest BCUT2D eigenvalue weighted by atomic mass is 16.5. The summed E-state index contributed by atoms with van der Waals surface area (Å²) in [6.45, 7) is 5.71. The second kappa shape index (κ2) is 10.1. The molecule has 1 saturated heterocycles. The minimum absolute atomic E-state index is 0.154. The van der Waals surface area contributed by atoms with Crippen LogP contribution in [0.4, 0.5) is 5.69 Å². The van der Waals surface area contributed by atoms with E-state index in [1.165, 1.54) is 0 Å². The van der Waals surface area contributed by atoms with Gasteiger partial charge in [-0.2, -0.15) is 5.10 Å². The Morgan fingerprint density at radius 2 is 1.91 bits per heavy atom. The lowest BCUT2D eigenvalue weighted by Crippen LogP contribution is -2.38. The zero-order valence-corrected chi connectivity index (χ0v) is 18.9. The van der Waals surface area contributed by atoms with E-state index >= 15 is 0 Å². The third-order valence-electron chi connectivity index (χ3n) is 6.14. The molecule has 0 bridgehead atoms. The maximum absolute atomic E-state index is 12.4. The third-order valence-corrected chi connectivity index (χ3v) is 6.14. The first-order valence-corrected chi connectivity index (χ1v) is 11.6. The number of amides is 2. The molecule has 1 fully saturated rings. The first-order chi connectivity index (χ1) is 16.7. The zero-order chi connectivity index (χ0) is 23.3. The summed E-state index contributed by atoms with van der Waals surface area (Å²) in [6.07, 6.45) is 2.26. The van der Waals surface area contributed by atoms with E-state index in [2.05, 4.69) is 42.6 Å². The maximum atomic E-state index is 12.4. The number of fused-ring (bicyclic) bond motifs is 2. The molecule has 9 nitrogen and oxygen atoms in total. The minimum atomic E-state index is -0.301. The Labute approximate surface area is 197 Å². The number of aromatic nitrogens is 3. The molecule has 9 heteroatoms. The van der Waals surface area contributed by atoms with Gasteiger partial charge in [0, 0.05) is 67.3 Å². The van der Waals surface area contributed by atoms with Crippen LogP contribution in [0.25, 0.3) is 21.8 Å². The maximum Gasteiger partial charge on any atom is 0.272 e. The molecular weight excluding hydrogens is 432 g/mol. The summed E-state index contributed by atoms with van der Waals surface area (Å²) in [5.74, 6) is -0.455. The summed E-state index contributed by atoms with van der Waals surface area (Å²) in [7, 11) is 0. The number of carbonyl (C=O) groups excluding carboxylic acids is 2. The molecule has 5 rings (SSSR count). The molecule has 0 saturated carbocycles. The van der Waals surface area contributed by atoms with Crippen molar-refractivity contribution >= 4 is 39.3 Å². The summed E-state index contributed by atoms with van der Waals surface area (Å²) in [6, 6.07) is 15.4. The van der Waals surface area contributed by atoms with Crippen molar-refractivity contribution in [2.45, 2.75) is 13.0 Å². The molecule has 3 heterocycles. The lowest BCUT2D eigenvalue weighted by Gasteiger charge is -2.26. The van der Waals surface area contributed by atoms with Crippen LogP contribution < -0.4 is 10.6 Å². The summed E-state index contributed by atoms with van der Waals surface area (Å²) < 4.78 is 7.65. The van der Waals surface area contributed by atoms with Gasteiger partial charge in [0.15, 0.2) is 5.69 Å². The second-order valence-electron chi connectivity index (χ2n) is 8.41. The van der Waals surface area contributed by atoms with E-state index in [1.54, 1.807) is 0 Å². The van der Waals surface area contributed by atoms with Crippen molar-refractivity contribution in [1.29, 1.82) is 0 Å². The first-order valence-electron chi connectivity index (χ1n) is 11.6. The fourth-order valence-electron chi connectivity index (χ4n) is 4.28. The number of ether oxygens (including phenoxy) is 1. The average molecular weight is 461 g/mol. The van der Waals surface area contributed by atoms with Crippen molar-refractivity contribution in [3.05, 3.63) is 60.4 Å². The molecule has 1 aliphatic heterocycles. The summed E-state index contributed by atoms with van der Waals surface area (Å²) in [5, 5.41) is 14.5. The fourth-order valence-corrected chi connectivity index (χ4v) is 4.28. The van der Waals surface area contributed by atoms with Crippen LogP contribution in [-0.4, -0.2) is 70.9 Å². The van der Waals surface area contributed by atoms with Crippen molar-refractivity contribution in [3.63, 3.8) is 0 Å². The van der Waals surface area contributed by atoms with E-state index in [-0.39, 0.29) is 24.8 Å². The Kier molecular flexibility index (Phi) is 6.55. The summed E-state index contributed by atoms with van der Waals surface area (Å²) >= 11 is 0. The van der Waals surface area contributed by atoms with Crippen molar-refractivity contribution in [2.24, 2.45) is 0 Å². The van der Waals surface area contributed by atoms with Crippen LogP contribution in [0.5, 0.6) is 0 Å². The minimum Gasteiger partial charge on any atom is -0.379 e. The first kappa shape index (κ1) is 22.1. The van der Waals surface area contributed by atoms with Crippen LogP contribution >= 0.6 is 0 Å². The van der Waals surface area contributed by atoms with E-state index in [4.69, 9.17) is 4.74 Å². The van der Waals surface area contributed by atoms with Gasteiger partial charge in [-0.15, -0.1) is 0 Å². The molecule has 2 aromatic heterocycles. The Balaban J connectivity index is 1.12. The molecule has 4 aromatic rings. The smallest absolute Gasteiger partial charge is 0.272 e. The van der Waals surface area contributed by atoms with E-state index in [0.29, 0.717) is 5.69 Å². The third kappa shape index (κ3) is 4.95. The van der Waals surface area contributed by atoms with Gasteiger partial charge in [0.05, 0.1) is 18.7 Å². The van der Waals surface area contributed by atoms with Gasteiger partial charge < -0.3 is 19.9 Å². The molecule has 34 heavy (non-hydrogen) atoms. The highest BCUT2D eigenvalue weighted by Crippen LogP contribution is 2.21. The number of morpholine rings is 1. The molecule has 0 unspecified atom stereocenters. The number of rotatable bonds is 8. The Morgan fingerprint density at radius 1 is 1.06 bits per heavy atom. The molecule has 0 spiro atoms. The molecule has 3 N–H and O–H groups in total. The van der Waals surface area contributed by atoms with E-state index in [9.17, 15) is 9.59 Å². The van der Waals surface area contributed by atoms with Crippen LogP contribution in [0.15, 0.2) is 54.7 Å². The van der Waals surface area contributed by atoms with E-state index < -0.39 is 0 Å². The second-order valence-corrected chi connectivity index (χ2v) is 8.41. The zero-order valence-electron chi connectivity index (χ0n) is 18.9. The number of anilines is 1. The summed E-state index contributed by atoms with van der Waals surface area (Å²) in [4.78, 5) is 27.2. The highest BCUT2D eigenvalue weighted by Gasteiger charge is 2.14. The molecule has 1 aliphatic rings. The number of nitrogens with zero attached hydrogens (tertiary/aromatic N) is 3. The lowest BCUT2D eigenvalue weighted by atomic mass is 10.2. The van der Waals surface area contributed by atoms with Crippen molar-refractivity contribution in [3.8, 4) is 0 Å². The van der Waals surface area contributed by atoms with E-state index in [0.717, 1.165) is 66.9 Å². The van der Waals surface area contributed by atoms with Crippen LogP contribution in [0.1, 0.15) is 16.9 Å². The van der Waals surface area contributed by atoms with Gasteiger partial charge in [-0.3, -0.25) is 19.6 Å². The molecule has 176 valence electrons. The Bertz CT molecular complexity index is 1300. The molecule has 0 aliphatic carbocycles. The number of nitrogens with one attached hydrogen (secondary N) is 3. The molecule has 2 amide bonds. The summed E-state index contributed by atoms with van der Waals surface area (Å²) in [5.41, 5.74) is 3.02. The monoisotopic (exact) mass is 460 g/mol. The van der Waals surface area contributed by atoms with Crippen LogP contribution in [0.3, 0.4) is 0 Å². The average Bonchev–Trinajstić information content (AvgIpc) is 3.47. The van der Waals surface area contributed by atoms with Crippen LogP contribution in [0.2, 0.25) is 0 Å². The lowest BCUT2D eigenvalue weighted by molar-refractivity contribution is -0.116. The molecule has 0 atom stereocenters. The van der Waals surface area contributed by atoms with E-state index in [1.807, 2.05) is 42.5 Å². The quantitative estimate of drug-likeness (QED) is 0.375. The molecule has 2 aromatic carbocycles. The number of para-hydroxylation sites is 1.